The van der Waals surface area contributed by atoms with Gasteiger partial charge in [0.1, 0.15) is 11.5 Å². The van der Waals surface area contributed by atoms with Crippen LogP contribution in [-0.2, 0) is 9.59 Å². The Morgan fingerprint density at radius 2 is 1.91 bits per heavy atom. The van der Waals surface area contributed by atoms with Crippen molar-refractivity contribution in [3.63, 3.8) is 0 Å². The second-order valence-corrected chi connectivity index (χ2v) is 7.87. The summed E-state index contributed by atoms with van der Waals surface area (Å²) in [4.78, 5) is 32.0. The third-order valence-electron chi connectivity index (χ3n) is 5.68. The van der Waals surface area contributed by atoms with Gasteiger partial charge in [-0.25, -0.2) is 0 Å². The van der Waals surface area contributed by atoms with Crippen molar-refractivity contribution in [2.75, 3.05) is 18.3 Å². The van der Waals surface area contributed by atoms with E-state index in [2.05, 4.69) is 4.98 Å². The molecule has 1 aromatic heterocycles. The van der Waals surface area contributed by atoms with Crippen molar-refractivity contribution in [2.24, 2.45) is 0 Å². The quantitative estimate of drug-likeness (QED) is 0.335. The monoisotopic (exact) mass is 458 g/mol. The van der Waals surface area contributed by atoms with Crippen LogP contribution in [0.2, 0.25) is 0 Å². The number of aliphatic hydroxyl groups is 1. The lowest BCUT2D eigenvalue weighted by Gasteiger charge is -2.25. The fourth-order valence-corrected chi connectivity index (χ4v) is 4.07. The number of hydrogen-bond donors (Lipinski definition) is 1. The van der Waals surface area contributed by atoms with E-state index >= 15 is 0 Å². The minimum absolute atomic E-state index is 0.0158. The highest BCUT2D eigenvalue weighted by molar-refractivity contribution is 6.51. The Morgan fingerprint density at radius 1 is 1.12 bits per heavy atom. The molecule has 1 unspecified atom stereocenters. The third kappa shape index (κ3) is 3.73. The van der Waals surface area contributed by atoms with E-state index in [1.54, 1.807) is 67.0 Å². The Kier molecular flexibility index (Phi) is 5.63. The summed E-state index contributed by atoms with van der Waals surface area (Å²) in [5.41, 5.74) is 1.42. The topological polar surface area (TPSA) is 98.2 Å². The van der Waals surface area contributed by atoms with Gasteiger partial charge in [-0.05, 0) is 54.4 Å². The first kappa shape index (κ1) is 21.5. The first-order valence-electron chi connectivity index (χ1n) is 10.9. The Morgan fingerprint density at radius 3 is 2.65 bits per heavy atom. The normalized spacial score (nSPS) is 18.4. The number of carbonyl (C=O) groups excluding carboxylic acids is 2. The Labute approximate surface area is 196 Å². The summed E-state index contributed by atoms with van der Waals surface area (Å²) in [5.74, 6) is -0.108. The van der Waals surface area contributed by atoms with Crippen LogP contribution < -0.4 is 19.1 Å². The van der Waals surface area contributed by atoms with Crippen molar-refractivity contribution in [2.45, 2.75) is 19.4 Å². The molecule has 0 spiro atoms. The fourth-order valence-electron chi connectivity index (χ4n) is 4.07. The number of benzene rings is 2. The van der Waals surface area contributed by atoms with Gasteiger partial charge in [-0.3, -0.25) is 19.5 Å². The Bertz CT molecular complexity index is 1270. The number of amides is 1. The lowest BCUT2D eigenvalue weighted by atomic mass is 9.96. The Balaban J connectivity index is 1.61. The van der Waals surface area contributed by atoms with E-state index in [9.17, 15) is 14.7 Å². The summed E-state index contributed by atoms with van der Waals surface area (Å²) in [7, 11) is 0. The molecule has 2 aliphatic heterocycles. The van der Waals surface area contributed by atoms with Crippen molar-refractivity contribution in [3.05, 3.63) is 83.7 Å². The molecule has 1 fully saturated rings. The molecule has 1 atom stereocenters. The van der Waals surface area contributed by atoms with Gasteiger partial charge in [0.2, 0.25) is 6.79 Å². The zero-order valence-electron chi connectivity index (χ0n) is 18.4. The van der Waals surface area contributed by atoms with E-state index in [-0.39, 0.29) is 18.1 Å². The number of hydrogen-bond acceptors (Lipinski definition) is 7. The van der Waals surface area contributed by atoms with Gasteiger partial charge in [0.05, 0.1) is 18.2 Å². The van der Waals surface area contributed by atoms with Crippen LogP contribution in [0.25, 0.3) is 5.76 Å². The van der Waals surface area contributed by atoms with Gasteiger partial charge in [0.25, 0.3) is 11.7 Å². The van der Waals surface area contributed by atoms with Crippen LogP contribution in [0.1, 0.15) is 30.5 Å². The maximum absolute atomic E-state index is 13.2. The van der Waals surface area contributed by atoms with Crippen molar-refractivity contribution in [1.82, 2.24) is 4.98 Å². The number of aliphatic hydroxyl groups excluding tert-OH is 1. The third-order valence-corrected chi connectivity index (χ3v) is 5.68. The van der Waals surface area contributed by atoms with Gasteiger partial charge in [0, 0.05) is 29.7 Å². The van der Waals surface area contributed by atoms with E-state index < -0.39 is 17.7 Å². The average molecular weight is 458 g/mol. The number of nitrogens with zero attached hydrogens (tertiary/aromatic N) is 2. The smallest absolute Gasteiger partial charge is 0.300 e. The van der Waals surface area contributed by atoms with Crippen LogP contribution in [-0.4, -0.2) is 35.2 Å². The fraction of sp³-hybridized carbons (Fsp3) is 0.192. The number of pyridine rings is 1. The van der Waals surface area contributed by atoms with Crippen molar-refractivity contribution in [1.29, 1.82) is 0 Å². The molecule has 1 saturated heterocycles. The van der Waals surface area contributed by atoms with Crippen LogP contribution in [0, 0.1) is 0 Å². The van der Waals surface area contributed by atoms with Gasteiger partial charge in [0.15, 0.2) is 11.5 Å². The molecule has 3 heterocycles. The molecule has 0 aliphatic carbocycles. The molecular weight excluding hydrogens is 436 g/mol. The second-order valence-electron chi connectivity index (χ2n) is 7.87. The van der Waals surface area contributed by atoms with Crippen LogP contribution in [0.3, 0.4) is 0 Å². The molecular formula is C26H22N2O6. The van der Waals surface area contributed by atoms with Crippen LogP contribution in [0.4, 0.5) is 5.69 Å². The molecule has 3 aromatic rings. The van der Waals surface area contributed by atoms with E-state index in [4.69, 9.17) is 14.2 Å². The number of anilines is 1. The number of ketones is 1. The van der Waals surface area contributed by atoms with Gasteiger partial charge < -0.3 is 19.3 Å². The SMILES string of the molecule is CCCOc1ccc(/C(O)=C2\C(=O)C(=O)N(c3ccc4c(c3)OCO4)C2c2cccnc2)cc1. The number of fused-ring (bicyclic) bond motifs is 1. The highest BCUT2D eigenvalue weighted by Gasteiger charge is 2.47. The van der Waals surface area contributed by atoms with E-state index in [1.807, 2.05) is 6.92 Å². The van der Waals surface area contributed by atoms with Gasteiger partial charge >= 0.3 is 0 Å². The lowest BCUT2D eigenvalue weighted by molar-refractivity contribution is -0.132. The number of carbonyl (C=O) groups is 2. The zero-order chi connectivity index (χ0) is 23.7. The molecule has 34 heavy (non-hydrogen) atoms. The highest BCUT2D eigenvalue weighted by atomic mass is 16.7. The molecule has 5 rings (SSSR count). The summed E-state index contributed by atoms with van der Waals surface area (Å²) in [6.45, 7) is 2.67. The van der Waals surface area contributed by atoms with E-state index in [0.29, 0.717) is 40.7 Å². The standard InChI is InChI=1S/C26H22N2O6/c1-2-12-32-19-8-5-16(6-9-19)24(29)22-23(17-4-3-11-27-14-17)28(26(31)25(22)30)18-7-10-20-21(13-18)34-15-33-20/h3-11,13-14,23,29H,2,12,15H2,1H3/b24-22+. The predicted molar refractivity (Wildman–Crippen MR) is 124 cm³/mol. The number of ether oxygens (including phenoxy) is 3. The lowest BCUT2D eigenvalue weighted by Crippen LogP contribution is -2.29. The summed E-state index contributed by atoms with van der Waals surface area (Å²) in [5, 5.41) is 11.2. The summed E-state index contributed by atoms with van der Waals surface area (Å²) >= 11 is 0. The number of rotatable bonds is 6. The van der Waals surface area contributed by atoms with Crippen LogP contribution in [0.5, 0.6) is 17.2 Å². The minimum atomic E-state index is -0.870. The molecule has 2 aromatic carbocycles. The summed E-state index contributed by atoms with van der Waals surface area (Å²) in [6, 6.07) is 14.4. The zero-order valence-corrected chi connectivity index (χ0v) is 18.4. The van der Waals surface area contributed by atoms with Gasteiger partial charge in [-0.1, -0.05) is 13.0 Å². The number of aromatic nitrogens is 1. The van der Waals surface area contributed by atoms with E-state index in [1.165, 1.54) is 4.90 Å². The molecule has 1 amide bonds. The van der Waals surface area contributed by atoms with Crippen LogP contribution >= 0.6 is 0 Å². The first-order chi connectivity index (χ1) is 16.6. The molecule has 8 nitrogen and oxygen atoms in total. The van der Waals surface area contributed by atoms with Gasteiger partial charge in [-0.2, -0.15) is 0 Å². The van der Waals surface area contributed by atoms with Crippen molar-refractivity contribution < 1.29 is 28.9 Å². The number of Topliss-reactive ketones (excluding diaryl/α,β-unsaturated/α-hetero) is 1. The second kappa shape index (κ2) is 8.90. The van der Waals surface area contributed by atoms with Gasteiger partial charge in [-0.15, -0.1) is 0 Å². The maximum atomic E-state index is 13.2. The maximum Gasteiger partial charge on any atom is 0.300 e. The molecule has 0 radical (unpaired) electrons. The predicted octanol–water partition coefficient (Wildman–Crippen LogP) is 4.23. The van der Waals surface area contributed by atoms with Crippen molar-refractivity contribution in [3.8, 4) is 17.2 Å². The molecule has 8 heteroatoms. The minimum Gasteiger partial charge on any atom is -0.507 e. The molecule has 172 valence electrons. The first-order valence-corrected chi connectivity index (χ1v) is 10.9. The highest BCUT2D eigenvalue weighted by Crippen LogP contribution is 2.44. The molecule has 0 bridgehead atoms. The summed E-state index contributed by atoms with van der Waals surface area (Å²) < 4.78 is 16.4. The Hall–Kier alpha value is -4.33. The average Bonchev–Trinajstić information content (AvgIpc) is 3.45. The van der Waals surface area contributed by atoms with Crippen molar-refractivity contribution >= 4 is 23.1 Å². The molecule has 0 saturated carbocycles. The van der Waals surface area contributed by atoms with E-state index in [0.717, 1.165) is 6.42 Å². The molecule has 1 N–H and O–H groups in total. The molecule has 2 aliphatic rings. The van der Waals surface area contributed by atoms with Crippen LogP contribution in [0.15, 0.2) is 72.6 Å². The summed E-state index contributed by atoms with van der Waals surface area (Å²) in [6.07, 6.45) is 4.05. The largest absolute Gasteiger partial charge is 0.507 e.